The van der Waals surface area contributed by atoms with Crippen molar-refractivity contribution in [2.24, 2.45) is 0 Å². The molecule has 0 bridgehead atoms. The summed E-state index contributed by atoms with van der Waals surface area (Å²) in [5, 5.41) is 3.43. The highest BCUT2D eigenvalue weighted by Gasteiger charge is 2.11. The van der Waals surface area contributed by atoms with Gasteiger partial charge in [-0.1, -0.05) is 31.2 Å². The normalized spacial score (nSPS) is 13.1. The van der Waals surface area contributed by atoms with Gasteiger partial charge in [0.25, 0.3) is 0 Å². The highest BCUT2D eigenvalue weighted by Crippen LogP contribution is 2.29. The van der Waals surface area contributed by atoms with Crippen molar-refractivity contribution >= 4 is 22.2 Å². The van der Waals surface area contributed by atoms with Crippen LogP contribution in [0.25, 0.3) is 10.9 Å². The van der Waals surface area contributed by atoms with Crippen molar-refractivity contribution in [3.63, 3.8) is 0 Å². The second-order valence-corrected chi connectivity index (χ2v) is 5.03. The van der Waals surface area contributed by atoms with Gasteiger partial charge in [0.05, 0.1) is 0 Å². The number of nitrogens with one attached hydrogen (secondary N) is 1. The van der Waals surface area contributed by atoms with Gasteiger partial charge in [0, 0.05) is 22.0 Å². The van der Waals surface area contributed by atoms with E-state index in [4.69, 9.17) is 0 Å². The molecule has 2 heterocycles. The number of fused-ring (bicyclic) bond motifs is 1. The molecule has 0 saturated carbocycles. The highest BCUT2D eigenvalue weighted by atomic mass is 32.1. The smallest absolute Gasteiger partial charge is 0.0456 e. The largest absolute Gasteiger partial charge is 0.358 e. The number of benzene rings is 1. The van der Waals surface area contributed by atoms with Crippen molar-refractivity contribution in [1.29, 1.82) is 0 Å². The molecule has 0 amide bonds. The number of para-hydroxylation sites is 1. The maximum atomic E-state index is 3.49. The minimum absolute atomic E-state index is 0.451. The van der Waals surface area contributed by atoms with Crippen LogP contribution in [0.5, 0.6) is 0 Å². The lowest BCUT2D eigenvalue weighted by Crippen LogP contribution is -1.92. The van der Waals surface area contributed by atoms with Gasteiger partial charge >= 0.3 is 0 Å². The third kappa shape index (κ3) is 1.55. The molecule has 2 aromatic heterocycles. The molecule has 1 aromatic carbocycles. The van der Waals surface area contributed by atoms with E-state index in [0.717, 1.165) is 0 Å². The van der Waals surface area contributed by atoms with E-state index in [1.54, 1.807) is 0 Å². The van der Waals surface area contributed by atoms with E-state index < -0.39 is 0 Å². The monoisotopic (exact) mass is 227 g/mol. The third-order valence-electron chi connectivity index (χ3n) is 2.99. The average molecular weight is 227 g/mol. The SMILES string of the molecule is CC(c1cc2ccccc2[nH]1)c1cccs1. The molecular weight excluding hydrogens is 214 g/mol. The van der Waals surface area contributed by atoms with Gasteiger partial charge in [-0.3, -0.25) is 0 Å². The Morgan fingerprint density at radius 3 is 2.75 bits per heavy atom. The van der Waals surface area contributed by atoms with Gasteiger partial charge in [-0.15, -0.1) is 11.3 Å². The fourth-order valence-corrected chi connectivity index (χ4v) is 2.82. The second-order valence-electron chi connectivity index (χ2n) is 4.05. The minimum Gasteiger partial charge on any atom is -0.358 e. The van der Waals surface area contributed by atoms with Crippen LogP contribution in [-0.2, 0) is 0 Å². The Balaban J connectivity index is 2.06. The fourth-order valence-electron chi connectivity index (χ4n) is 2.02. The molecule has 3 aromatic rings. The van der Waals surface area contributed by atoms with Crippen LogP contribution >= 0.6 is 11.3 Å². The van der Waals surface area contributed by atoms with Gasteiger partial charge in [0.15, 0.2) is 0 Å². The van der Waals surface area contributed by atoms with E-state index >= 15 is 0 Å². The Labute approximate surface area is 98.7 Å². The molecular formula is C14H13NS. The van der Waals surface area contributed by atoms with Crippen molar-refractivity contribution < 1.29 is 0 Å². The van der Waals surface area contributed by atoms with Crippen molar-refractivity contribution in [3.05, 3.63) is 58.4 Å². The van der Waals surface area contributed by atoms with Gasteiger partial charge in [-0.2, -0.15) is 0 Å². The Hall–Kier alpha value is -1.54. The fraction of sp³-hybridized carbons (Fsp3) is 0.143. The topological polar surface area (TPSA) is 15.8 Å². The van der Waals surface area contributed by atoms with Crippen LogP contribution in [0.2, 0.25) is 0 Å². The number of H-pyrrole nitrogens is 1. The van der Waals surface area contributed by atoms with Gasteiger partial charge in [0.2, 0.25) is 0 Å². The molecule has 0 saturated heterocycles. The predicted molar refractivity (Wildman–Crippen MR) is 70.1 cm³/mol. The summed E-state index contributed by atoms with van der Waals surface area (Å²) in [6, 6.07) is 15.0. The molecule has 0 spiro atoms. The van der Waals surface area contributed by atoms with E-state index in [2.05, 4.69) is 59.8 Å². The molecule has 80 valence electrons. The molecule has 0 fully saturated rings. The first kappa shape index (κ1) is 9.67. The lowest BCUT2D eigenvalue weighted by Gasteiger charge is -2.05. The van der Waals surface area contributed by atoms with Crippen LogP contribution in [0.15, 0.2) is 47.8 Å². The predicted octanol–water partition coefficient (Wildman–Crippen LogP) is 4.38. The van der Waals surface area contributed by atoms with Crippen molar-refractivity contribution in [3.8, 4) is 0 Å². The van der Waals surface area contributed by atoms with Crippen LogP contribution < -0.4 is 0 Å². The van der Waals surface area contributed by atoms with E-state index in [0.29, 0.717) is 5.92 Å². The Bertz CT molecular complexity index is 559. The first-order valence-electron chi connectivity index (χ1n) is 5.45. The summed E-state index contributed by atoms with van der Waals surface area (Å²) in [4.78, 5) is 4.90. The number of hydrogen-bond donors (Lipinski definition) is 1. The number of thiophene rings is 1. The molecule has 0 aliphatic heterocycles. The molecule has 1 nitrogen and oxygen atoms in total. The van der Waals surface area contributed by atoms with E-state index in [9.17, 15) is 0 Å². The number of hydrogen-bond acceptors (Lipinski definition) is 1. The molecule has 3 rings (SSSR count). The standard InChI is InChI=1S/C14H13NS/c1-10(14-7-4-8-16-14)13-9-11-5-2-3-6-12(11)15-13/h2-10,15H,1H3. The number of rotatable bonds is 2. The zero-order valence-electron chi connectivity index (χ0n) is 9.10. The Kier molecular flexibility index (Phi) is 2.29. The summed E-state index contributed by atoms with van der Waals surface area (Å²) in [6.45, 7) is 2.25. The lowest BCUT2D eigenvalue weighted by molar-refractivity contribution is 0.910. The maximum Gasteiger partial charge on any atom is 0.0456 e. The van der Waals surface area contributed by atoms with Crippen molar-refractivity contribution in [2.75, 3.05) is 0 Å². The van der Waals surface area contributed by atoms with Gasteiger partial charge in [-0.25, -0.2) is 0 Å². The minimum atomic E-state index is 0.451. The molecule has 16 heavy (non-hydrogen) atoms. The first-order valence-corrected chi connectivity index (χ1v) is 6.33. The van der Waals surface area contributed by atoms with Gasteiger partial charge in [0.1, 0.15) is 0 Å². The molecule has 2 heteroatoms. The summed E-state index contributed by atoms with van der Waals surface area (Å²) in [7, 11) is 0. The highest BCUT2D eigenvalue weighted by molar-refractivity contribution is 7.10. The summed E-state index contributed by atoms with van der Waals surface area (Å²) in [6.07, 6.45) is 0. The van der Waals surface area contributed by atoms with E-state index in [1.165, 1.54) is 21.5 Å². The summed E-state index contributed by atoms with van der Waals surface area (Å²) < 4.78 is 0. The van der Waals surface area contributed by atoms with Crippen molar-refractivity contribution in [1.82, 2.24) is 4.98 Å². The zero-order valence-corrected chi connectivity index (χ0v) is 9.92. The summed E-state index contributed by atoms with van der Waals surface area (Å²) >= 11 is 1.82. The summed E-state index contributed by atoms with van der Waals surface area (Å²) in [5.41, 5.74) is 2.52. The first-order chi connectivity index (χ1) is 7.84. The molecule has 1 unspecified atom stereocenters. The molecule has 0 aliphatic rings. The summed E-state index contributed by atoms with van der Waals surface area (Å²) in [5.74, 6) is 0.451. The quantitative estimate of drug-likeness (QED) is 0.668. The molecule has 0 radical (unpaired) electrons. The Morgan fingerprint density at radius 2 is 2.00 bits per heavy atom. The molecule has 0 aliphatic carbocycles. The maximum absolute atomic E-state index is 3.49. The Morgan fingerprint density at radius 1 is 1.12 bits per heavy atom. The second kappa shape index (κ2) is 3.80. The van der Waals surface area contributed by atoms with Crippen LogP contribution in [0.1, 0.15) is 23.4 Å². The molecule has 1 N–H and O–H groups in total. The third-order valence-corrected chi connectivity index (χ3v) is 4.04. The van der Waals surface area contributed by atoms with Gasteiger partial charge < -0.3 is 4.98 Å². The average Bonchev–Trinajstić information content (AvgIpc) is 2.97. The van der Waals surface area contributed by atoms with Crippen molar-refractivity contribution in [2.45, 2.75) is 12.8 Å². The molecule has 1 atom stereocenters. The van der Waals surface area contributed by atoms with Crippen LogP contribution in [0, 0.1) is 0 Å². The zero-order chi connectivity index (χ0) is 11.0. The van der Waals surface area contributed by atoms with Gasteiger partial charge in [-0.05, 0) is 29.0 Å². The van der Waals surface area contributed by atoms with E-state index in [1.807, 2.05) is 11.3 Å². The number of aromatic amines is 1. The van der Waals surface area contributed by atoms with Crippen LogP contribution in [0.4, 0.5) is 0 Å². The number of aromatic nitrogens is 1. The van der Waals surface area contributed by atoms with Crippen LogP contribution in [-0.4, -0.2) is 4.98 Å². The van der Waals surface area contributed by atoms with E-state index in [-0.39, 0.29) is 0 Å². The van der Waals surface area contributed by atoms with Crippen LogP contribution in [0.3, 0.4) is 0 Å². The lowest BCUT2D eigenvalue weighted by atomic mass is 10.1.